The van der Waals surface area contributed by atoms with Gasteiger partial charge in [0.25, 0.3) is 0 Å². The zero-order valence-electron chi connectivity index (χ0n) is 13.0. The van der Waals surface area contributed by atoms with E-state index in [2.05, 4.69) is 14.9 Å². The van der Waals surface area contributed by atoms with E-state index in [1.54, 1.807) is 17.7 Å². The molecule has 0 unspecified atom stereocenters. The van der Waals surface area contributed by atoms with Crippen molar-refractivity contribution in [2.24, 2.45) is 7.05 Å². The largest absolute Gasteiger partial charge is 0.573 e. The molecule has 0 radical (unpaired) electrons. The second-order valence-electron chi connectivity index (χ2n) is 5.27. The number of ether oxygens (including phenoxy) is 1. The SMILES string of the molecule is Cc1ccccc1-c1nnc(-c2ccccc2OC(F)(F)F)n1C. The fourth-order valence-electron chi connectivity index (χ4n) is 2.49. The number of hydrogen-bond acceptors (Lipinski definition) is 3. The minimum Gasteiger partial charge on any atom is -0.405 e. The van der Waals surface area contributed by atoms with E-state index in [1.807, 2.05) is 31.2 Å². The summed E-state index contributed by atoms with van der Waals surface area (Å²) < 4.78 is 43.5. The molecule has 3 aromatic rings. The van der Waals surface area contributed by atoms with Gasteiger partial charge in [0.2, 0.25) is 0 Å². The summed E-state index contributed by atoms with van der Waals surface area (Å²) in [6.45, 7) is 1.93. The van der Waals surface area contributed by atoms with E-state index in [9.17, 15) is 13.2 Å². The Morgan fingerprint density at radius 2 is 1.42 bits per heavy atom. The van der Waals surface area contributed by atoms with Gasteiger partial charge in [-0.1, -0.05) is 36.4 Å². The Morgan fingerprint density at radius 1 is 0.875 bits per heavy atom. The number of hydrogen-bond donors (Lipinski definition) is 0. The van der Waals surface area contributed by atoms with Crippen LogP contribution in [0.1, 0.15) is 5.56 Å². The number of aryl methyl sites for hydroxylation is 1. The number of para-hydroxylation sites is 1. The fraction of sp³-hybridized carbons (Fsp3) is 0.176. The van der Waals surface area contributed by atoms with Crippen molar-refractivity contribution in [3.63, 3.8) is 0 Å². The van der Waals surface area contributed by atoms with Gasteiger partial charge in [-0.15, -0.1) is 23.4 Å². The molecule has 0 aliphatic carbocycles. The summed E-state index contributed by atoms with van der Waals surface area (Å²) >= 11 is 0. The molecule has 0 aliphatic heterocycles. The van der Waals surface area contributed by atoms with E-state index >= 15 is 0 Å². The van der Waals surface area contributed by atoms with E-state index < -0.39 is 6.36 Å². The van der Waals surface area contributed by atoms with Gasteiger partial charge in [0, 0.05) is 12.6 Å². The van der Waals surface area contributed by atoms with Crippen LogP contribution >= 0.6 is 0 Å². The first-order chi connectivity index (χ1) is 11.4. The lowest BCUT2D eigenvalue weighted by Crippen LogP contribution is -2.17. The summed E-state index contributed by atoms with van der Waals surface area (Å²) in [5.41, 5.74) is 2.09. The summed E-state index contributed by atoms with van der Waals surface area (Å²) in [5.74, 6) is 0.565. The van der Waals surface area contributed by atoms with E-state index in [1.165, 1.54) is 18.2 Å². The average Bonchev–Trinajstić information content (AvgIpc) is 2.88. The van der Waals surface area contributed by atoms with Crippen molar-refractivity contribution < 1.29 is 17.9 Å². The van der Waals surface area contributed by atoms with Crippen molar-refractivity contribution in [1.29, 1.82) is 0 Å². The monoisotopic (exact) mass is 333 g/mol. The first-order valence-corrected chi connectivity index (χ1v) is 7.17. The summed E-state index contributed by atoms with van der Waals surface area (Å²) in [6, 6.07) is 13.5. The highest BCUT2D eigenvalue weighted by Crippen LogP contribution is 2.34. The smallest absolute Gasteiger partial charge is 0.405 e. The predicted octanol–water partition coefficient (Wildman–Crippen LogP) is 4.36. The summed E-state index contributed by atoms with van der Waals surface area (Å²) in [5, 5.41) is 8.20. The lowest BCUT2D eigenvalue weighted by molar-refractivity contribution is -0.274. The highest BCUT2D eigenvalue weighted by atomic mass is 19.4. The number of rotatable bonds is 3. The van der Waals surface area contributed by atoms with Gasteiger partial charge in [-0.25, -0.2) is 0 Å². The Labute approximate surface area is 136 Å². The fourth-order valence-corrected chi connectivity index (χ4v) is 2.49. The zero-order valence-corrected chi connectivity index (χ0v) is 13.0. The maximum absolute atomic E-state index is 12.6. The molecule has 0 saturated heterocycles. The minimum absolute atomic E-state index is 0.227. The van der Waals surface area contributed by atoms with Crippen LogP contribution in [0.25, 0.3) is 22.8 Å². The summed E-state index contributed by atoms with van der Waals surface area (Å²) in [4.78, 5) is 0. The lowest BCUT2D eigenvalue weighted by Gasteiger charge is -2.13. The van der Waals surface area contributed by atoms with Crippen LogP contribution in [0.4, 0.5) is 13.2 Å². The molecular formula is C17H14F3N3O. The number of halogens is 3. The summed E-state index contributed by atoms with van der Waals surface area (Å²) in [6.07, 6.45) is -4.77. The van der Waals surface area contributed by atoms with Crippen LogP contribution in [0, 0.1) is 6.92 Å². The number of aromatic nitrogens is 3. The Hall–Kier alpha value is -2.83. The predicted molar refractivity (Wildman–Crippen MR) is 83.3 cm³/mol. The Morgan fingerprint density at radius 3 is 2.04 bits per heavy atom. The first-order valence-electron chi connectivity index (χ1n) is 7.17. The van der Waals surface area contributed by atoms with Gasteiger partial charge in [-0.2, -0.15) is 0 Å². The molecule has 0 atom stereocenters. The molecule has 7 heteroatoms. The topological polar surface area (TPSA) is 39.9 Å². The second-order valence-corrected chi connectivity index (χ2v) is 5.27. The van der Waals surface area contributed by atoms with E-state index in [0.717, 1.165) is 11.1 Å². The van der Waals surface area contributed by atoms with E-state index in [-0.39, 0.29) is 11.3 Å². The molecule has 0 saturated carbocycles. The van der Waals surface area contributed by atoms with Crippen LogP contribution in [-0.4, -0.2) is 21.1 Å². The van der Waals surface area contributed by atoms with Gasteiger partial charge in [0.05, 0.1) is 5.56 Å². The average molecular weight is 333 g/mol. The lowest BCUT2D eigenvalue weighted by atomic mass is 10.1. The maximum Gasteiger partial charge on any atom is 0.573 e. The Kier molecular flexibility index (Phi) is 4.01. The van der Waals surface area contributed by atoms with Crippen molar-refractivity contribution in [3.8, 4) is 28.5 Å². The first kappa shape index (κ1) is 16.0. The molecule has 1 heterocycles. The van der Waals surface area contributed by atoms with Crippen LogP contribution in [0.15, 0.2) is 48.5 Å². The van der Waals surface area contributed by atoms with Crippen LogP contribution < -0.4 is 4.74 Å². The summed E-state index contributed by atoms with van der Waals surface area (Å²) in [7, 11) is 1.71. The molecule has 0 aliphatic rings. The quantitative estimate of drug-likeness (QED) is 0.715. The van der Waals surface area contributed by atoms with Crippen molar-refractivity contribution in [3.05, 3.63) is 54.1 Å². The molecule has 2 aromatic carbocycles. The van der Waals surface area contributed by atoms with Crippen LogP contribution in [-0.2, 0) is 7.05 Å². The van der Waals surface area contributed by atoms with Crippen LogP contribution in [0.3, 0.4) is 0 Å². The molecule has 4 nitrogen and oxygen atoms in total. The normalized spacial score (nSPS) is 11.5. The van der Waals surface area contributed by atoms with Gasteiger partial charge in [0.15, 0.2) is 11.6 Å². The molecule has 124 valence electrons. The van der Waals surface area contributed by atoms with Gasteiger partial charge < -0.3 is 9.30 Å². The Balaban J connectivity index is 2.09. The third-order valence-electron chi connectivity index (χ3n) is 3.61. The van der Waals surface area contributed by atoms with E-state index in [4.69, 9.17) is 0 Å². The van der Waals surface area contributed by atoms with Crippen molar-refractivity contribution >= 4 is 0 Å². The maximum atomic E-state index is 12.6. The minimum atomic E-state index is -4.77. The van der Waals surface area contributed by atoms with Crippen LogP contribution in [0.5, 0.6) is 5.75 Å². The van der Waals surface area contributed by atoms with Gasteiger partial charge in [-0.05, 0) is 24.6 Å². The second kappa shape index (κ2) is 5.99. The van der Waals surface area contributed by atoms with Crippen molar-refractivity contribution in [1.82, 2.24) is 14.8 Å². The molecule has 1 aromatic heterocycles. The molecular weight excluding hydrogens is 319 g/mol. The van der Waals surface area contributed by atoms with Gasteiger partial charge in [-0.3, -0.25) is 0 Å². The molecule has 0 amide bonds. The third kappa shape index (κ3) is 3.10. The van der Waals surface area contributed by atoms with E-state index in [0.29, 0.717) is 11.6 Å². The number of benzene rings is 2. The highest BCUT2D eigenvalue weighted by molar-refractivity contribution is 5.68. The van der Waals surface area contributed by atoms with Crippen molar-refractivity contribution in [2.75, 3.05) is 0 Å². The zero-order chi connectivity index (χ0) is 17.3. The van der Waals surface area contributed by atoms with Crippen LogP contribution in [0.2, 0.25) is 0 Å². The van der Waals surface area contributed by atoms with Crippen molar-refractivity contribution in [2.45, 2.75) is 13.3 Å². The number of alkyl halides is 3. The molecule has 24 heavy (non-hydrogen) atoms. The molecule has 0 bridgehead atoms. The molecule has 0 N–H and O–H groups in total. The molecule has 0 fully saturated rings. The molecule has 0 spiro atoms. The number of nitrogens with zero attached hydrogens (tertiary/aromatic N) is 3. The van der Waals surface area contributed by atoms with Gasteiger partial charge in [0.1, 0.15) is 5.75 Å². The third-order valence-corrected chi connectivity index (χ3v) is 3.61. The van der Waals surface area contributed by atoms with Gasteiger partial charge >= 0.3 is 6.36 Å². The Bertz CT molecular complexity index is 872. The highest BCUT2D eigenvalue weighted by Gasteiger charge is 2.32. The standard InChI is InChI=1S/C17H14F3N3O/c1-11-7-3-4-8-12(11)15-21-22-16(23(15)2)13-9-5-6-10-14(13)24-17(18,19)20/h3-10H,1-2H3. The molecule has 3 rings (SSSR count).